The summed E-state index contributed by atoms with van der Waals surface area (Å²) in [6.45, 7) is 1.87. The summed E-state index contributed by atoms with van der Waals surface area (Å²) in [5.41, 5.74) is 6.12. The molecule has 2 aromatic heterocycles. The summed E-state index contributed by atoms with van der Waals surface area (Å²) in [5, 5.41) is 0. The lowest BCUT2D eigenvalue weighted by molar-refractivity contribution is 0.484. The Labute approximate surface area is 133 Å². The number of anilines is 1. The van der Waals surface area contributed by atoms with Crippen molar-refractivity contribution in [3.05, 3.63) is 38.8 Å². The largest absolute Gasteiger partial charge is 0.452 e. The molecule has 0 fully saturated rings. The van der Waals surface area contributed by atoms with Gasteiger partial charge in [0.2, 0.25) is 0 Å². The van der Waals surface area contributed by atoms with Gasteiger partial charge in [-0.3, -0.25) is 4.72 Å². The van der Waals surface area contributed by atoms with Crippen LogP contribution >= 0.6 is 31.9 Å². The molecule has 2 heterocycles. The SMILES string of the molecule is Cc1cc(Br)cnc1NS(=O)(=O)c1cc(CN)oc1Br. The van der Waals surface area contributed by atoms with Crippen LogP contribution in [0.2, 0.25) is 0 Å². The van der Waals surface area contributed by atoms with Crippen LogP contribution < -0.4 is 10.5 Å². The summed E-state index contributed by atoms with van der Waals surface area (Å²) in [6.07, 6.45) is 1.51. The predicted molar refractivity (Wildman–Crippen MR) is 81.8 cm³/mol. The van der Waals surface area contributed by atoms with Gasteiger partial charge in [-0.15, -0.1) is 0 Å². The number of hydrogen-bond donors (Lipinski definition) is 2. The molecule has 0 amide bonds. The molecule has 0 unspecified atom stereocenters. The Kier molecular flexibility index (Phi) is 4.52. The van der Waals surface area contributed by atoms with E-state index >= 15 is 0 Å². The fourth-order valence-corrected chi connectivity index (χ4v) is 4.04. The molecule has 0 saturated carbocycles. The van der Waals surface area contributed by atoms with Gasteiger partial charge in [0, 0.05) is 16.7 Å². The molecule has 6 nitrogen and oxygen atoms in total. The van der Waals surface area contributed by atoms with E-state index in [4.69, 9.17) is 10.2 Å². The lowest BCUT2D eigenvalue weighted by atomic mass is 10.3. The molecule has 0 atom stereocenters. The summed E-state index contributed by atoms with van der Waals surface area (Å²) in [6, 6.07) is 3.14. The molecule has 2 rings (SSSR count). The highest BCUT2D eigenvalue weighted by molar-refractivity contribution is 9.10. The van der Waals surface area contributed by atoms with Gasteiger partial charge in [0.25, 0.3) is 10.0 Å². The van der Waals surface area contributed by atoms with Crippen LogP contribution in [0.25, 0.3) is 0 Å². The Hall–Kier alpha value is -0.900. The predicted octanol–water partition coefficient (Wildman–Crippen LogP) is 2.77. The molecular formula is C11H11Br2N3O3S. The third-order valence-corrected chi connectivity index (χ3v) is 5.10. The summed E-state index contributed by atoms with van der Waals surface area (Å²) >= 11 is 6.34. The normalized spacial score (nSPS) is 11.6. The third kappa shape index (κ3) is 3.22. The van der Waals surface area contributed by atoms with Crippen molar-refractivity contribution in [1.29, 1.82) is 0 Å². The second-order valence-corrected chi connectivity index (χ2v) is 7.27. The van der Waals surface area contributed by atoms with Crippen molar-refractivity contribution in [3.63, 3.8) is 0 Å². The summed E-state index contributed by atoms with van der Waals surface area (Å²) in [4.78, 5) is 4.03. The monoisotopic (exact) mass is 423 g/mol. The number of furan rings is 1. The Balaban J connectivity index is 2.38. The van der Waals surface area contributed by atoms with Crippen LogP contribution in [0.3, 0.4) is 0 Å². The first-order valence-electron chi connectivity index (χ1n) is 5.46. The van der Waals surface area contributed by atoms with E-state index in [9.17, 15) is 8.42 Å². The molecule has 0 saturated heterocycles. The van der Waals surface area contributed by atoms with Crippen molar-refractivity contribution in [2.24, 2.45) is 5.73 Å². The molecule has 0 radical (unpaired) electrons. The van der Waals surface area contributed by atoms with E-state index in [1.807, 2.05) is 0 Å². The first-order chi connectivity index (χ1) is 9.33. The van der Waals surface area contributed by atoms with Gasteiger partial charge in [0.05, 0.1) is 6.54 Å². The van der Waals surface area contributed by atoms with Crippen molar-refractivity contribution < 1.29 is 12.8 Å². The zero-order valence-electron chi connectivity index (χ0n) is 10.4. The van der Waals surface area contributed by atoms with E-state index in [1.165, 1.54) is 12.3 Å². The highest BCUT2D eigenvalue weighted by Gasteiger charge is 2.23. The number of halogens is 2. The van der Waals surface area contributed by atoms with Gasteiger partial charge < -0.3 is 10.2 Å². The average molecular weight is 425 g/mol. The molecule has 2 aromatic rings. The fraction of sp³-hybridized carbons (Fsp3) is 0.182. The Morgan fingerprint density at radius 3 is 2.65 bits per heavy atom. The molecule has 9 heteroatoms. The van der Waals surface area contributed by atoms with Crippen LogP contribution in [0.5, 0.6) is 0 Å². The van der Waals surface area contributed by atoms with Gasteiger partial charge in [-0.1, -0.05) is 0 Å². The van der Waals surface area contributed by atoms with Gasteiger partial charge in [-0.25, -0.2) is 13.4 Å². The van der Waals surface area contributed by atoms with Crippen LogP contribution in [-0.2, 0) is 16.6 Å². The number of nitrogens with one attached hydrogen (secondary N) is 1. The molecule has 3 N–H and O–H groups in total. The standard InChI is InChI=1S/C11H11Br2N3O3S/c1-6-2-7(12)5-15-11(6)16-20(17,18)9-3-8(4-14)19-10(9)13/h2-3,5H,4,14H2,1H3,(H,15,16). The minimum Gasteiger partial charge on any atom is -0.452 e. The summed E-state index contributed by atoms with van der Waals surface area (Å²) in [5.74, 6) is 0.633. The topological polar surface area (TPSA) is 98.2 Å². The number of nitrogens with zero attached hydrogens (tertiary/aromatic N) is 1. The molecule has 0 aliphatic heterocycles. The average Bonchev–Trinajstić information content (AvgIpc) is 2.75. The van der Waals surface area contributed by atoms with Gasteiger partial charge in [0.1, 0.15) is 16.5 Å². The van der Waals surface area contributed by atoms with E-state index in [1.54, 1.807) is 13.0 Å². The van der Waals surface area contributed by atoms with Crippen molar-refractivity contribution >= 4 is 47.7 Å². The van der Waals surface area contributed by atoms with E-state index in [0.717, 1.165) is 4.47 Å². The Morgan fingerprint density at radius 1 is 1.40 bits per heavy atom. The van der Waals surface area contributed by atoms with E-state index in [0.29, 0.717) is 11.3 Å². The third-order valence-electron chi connectivity index (χ3n) is 2.47. The van der Waals surface area contributed by atoms with Crippen LogP contribution in [0.1, 0.15) is 11.3 Å². The van der Waals surface area contributed by atoms with E-state index < -0.39 is 10.0 Å². The second kappa shape index (κ2) is 5.84. The number of nitrogens with two attached hydrogens (primary N) is 1. The maximum absolute atomic E-state index is 12.3. The first-order valence-corrected chi connectivity index (χ1v) is 8.53. The zero-order valence-corrected chi connectivity index (χ0v) is 14.3. The highest BCUT2D eigenvalue weighted by atomic mass is 79.9. The molecule has 0 aliphatic carbocycles. The first kappa shape index (κ1) is 15.5. The zero-order chi connectivity index (χ0) is 14.9. The Bertz CT molecular complexity index is 743. The molecule has 20 heavy (non-hydrogen) atoms. The lowest BCUT2D eigenvalue weighted by Crippen LogP contribution is -2.14. The number of aryl methyl sites for hydroxylation is 1. The maximum Gasteiger partial charge on any atom is 0.267 e. The fourth-order valence-electron chi connectivity index (χ4n) is 1.51. The van der Waals surface area contributed by atoms with Crippen molar-refractivity contribution in [2.45, 2.75) is 18.4 Å². The van der Waals surface area contributed by atoms with E-state index in [2.05, 4.69) is 41.6 Å². The van der Waals surface area contributed by atoms with Crippen LogP contribution in [0, 0.1) is 6.92 Å². The number of aromatic nitrogens is 1. The van der Waals surface area contributed by atoms with Crippen molar-refractivity contribution in [3.8, 4) is 0 Å². The smallest absolute Gasteiger partial charge is 0.267 e. The molecule has 0 aromatic carbocycles. The minimum absolute atomic E-state index is 0.0120. The number of rotatable bonds is 4. The van der Waals surface area contributed by atoms with Crippen LogP contribution in [-0.4, -0.2) is 13.4 Å². The molecule has 0 bridgehead atoms. The second-order valence-electron chi connectivity index (χ2n) is 3.98. The molecule has 108 valence electrons. The summed E-state index contributed by atoms with van der Waals surface area (Å²) in [7, 11) is -3.79. The van der Waals surface area contributed by atoms with Crippen LogP contribution in [0.4, 0.5) is 5.82 Å². The lowest BCUT2D eigenvalue weighted by Gasteiger charge is -2.08. The van der Waals surface area contributed by atoms with Crippen molar-refractivity contribution in [2.75, 3.05) is 4.72 Å². The van der Waals surface area contributed by atoms with Gasteiger partial charge in [-0.2, -0.15) is 0 Å². The minimum atomic E-state index is -3.79. The van der Waals surface area contributed by atoms with Gasteiger partial charge in [-0.05, 0) is 50.4 Å². The van der Waals surface area contributed by atoms with Gasteiger partial charge >= 0.3 is 0 Å². The summed E-state index contributed by atoms with van der Waals surface area (Å²) < 4.78 is 33.1. The molecule has 0 spiro atoms. The van der Waals surface area contributed by atoms with E-state index in [-0.39, 0.29) is 21.9 Å². The molecular weight excluding hydrogens is 414 g/mol. The molecule has 0 aliphatic rings. The van der Waals surface area contributed by atoms with Gasteiger partial charge in [0.15, 0.2) is 4.67 Å². The highest BCUT2D eigenvalue weighted by Crippen LogP contribution is 2.28. The van der Waals surface area contributed by atoms with Crippen LogP contribution in [0.15, 0.2) is 36.8 Å². The quantitative estimate of drug-likeness (QED) is 0.786. The number of sulfonamides is 1. The number of hydrogen-bond acceptors (Lipinski definition) is 5. The maximum atomic E-state index is 12.3. The number of pyridine rings is 1. The van der Waals surface area contributed by atoms with Crippen molar-refractivity contribution in [1.82, 2.24) is 4.98 Å². The Morgan fingerprint density at radius 2 is 2.10 bits per heavy atom.